The van der Waals surface area contributed by atoms with Crippen LogP contribution in [0.5, 0.6) is 11.6 Å². The SMILES string of the molecule is O=[N+]([O-])c1ccc(Cl)cc1Oc1cccnn1. The summed E-state index contributed by atoms with van der Waals surface area (Å²) < 4.78 is 5.25. The molecule has 1 aromatic heterocycles. The molecule has 0 aliphatic carbocycles. The van der Waals surface area contributed by atoms with Crippen LogP contribution in [0.1, 0.15) is 0 Å². The highest BCUT2D eigenvalue weighted by molar-refractivity contribution is 6.30. The van der Waals surface area contributed by atoms with Crippen molar-refractivity contribution in [3.05, 3.63) is 51.7 Å². The van der Waals surface area contributed by atoms with Crippen molar-refractivity contribution in [2.75, 3.05) is 0 Å². The fourth-order valence-electron chi connectivity index (χ4n) is 1.18. The zero-order chi connectivity index (χ0) is 12.3. The minimum Gasteiger partial charge on any atom is -0.430 e. The molecule has 0 unspecified atom stereocenters. The maximum atomic E-state index is 10.8. The van der Waals surface area contributed by atoms with Crippen molar-refractivity contribution in [2.45, 2.75) is 0 Å². The molecule has 1 heterocycles. The van der Waals surface area contributed by atoms with Crippen molar-refractivity contribution in [1.82, 2.24) is 10.2 Å². The Hall–Kier alpha value is -2.21. The fourth-order valence-corrected chi connectivity index (χ4v) is 1.34. The quantitative estimate of drug-likeness (QED) is 0.619. The van der Waals surface area contributed by atoms with Crippen LogP contribution in [0.3, 0.4) is 0 Å². The van der Waals surface area contributed by atoms with Gasteiger partial charge in [0.15, 0.2) is 0 Å². The zero-order valence-corrected chi connectivity index (χ0v) is 9.16. The molecule has 0 bridgehead atoms. The summed E-state index contributed by atoms with van der Waals surface area (Å²) in [7, 11) is 0. The Labute approximate surface area is 101 Å². The molecule has 86 valence electrons. The molecule has 0 aliphatic heterocycles. The first-order valence-corrected chi connectivity index (χ1v) is 4.94. The van der Waals surface area contributed by atoms with Gasteiger partial charge in [-0.2, -0.15) is 5.10 Å². The van der Waals surface area contributed by atoms with Crippen molar-refractivity contribution in [3.8, 4) is 11.6 Å². The second-order valence-corrected chi connectivity index (χ2v) is 3.47. The number of halogens is 1. The predicted octanol–water partition coefficient (Wildman–Crippen LogP) is 2.83. The molecule has 0 atom stereocenters. The number of benzene rings is 1. The number of ether oxygens (including phenoxy) is 1. The maximum Gasteiger partial charge on any atom is 0.311 e. The van der Waals surface area contributed by atoms with Crippen LogP contribution in [0, 0.1) is 10.1 Å². The van der Waals surface area contributed by atoms with Gasteiger partial charge in [0.1, 0.15) is 0 Å². The van der Waals surface area contributed by atoms with Crippen molar-refractivity contribution >= 4 is 17.3 Å². The number of nitro benzene ring substituents is 1. The van der Waals surface area contributed by atoms with E-state index >= 15 is 0 Å². The van der Waals surface area contributed by atoms with Gasteiger partial charge in [-0.05, 0) is 12.1 Å². The van der Waals surface area contributed by atoms with Gasteiger partial charge in [0.25, 0.3) is 0 Å². The lowest BCUT2D eigenvalue weighted by Gasteiger charge is -2.04. The van der Waals surface area contributed by atoms with E-state index in [1.165, 1.54) is 30.5 Å². The van der Waals surface area contributed by atoms with Crippen LogP contribution in [-0.2, 0) is 0 Å². The van der Waals surface area contributed by atoms with Gasteiger partial charge < -0.3 is 4.74 Å². The second-order valence-electron chi connectivity index (χ2n) is 3.03. The molecule has 17 heavy (non-hydrogen) atoms. The van der Waals surface area contributed by atoms with Gasteiger partial charge in [-0.15, -0.1) is 5.10 Å². The highest BCUT2D eigenvalue weighted by Gasteiger charge is 2.16. The molecule has 0 fully saturated rings. The summed E-state index contributed by atoms with van der Waals surface area (Å²) in [4.78, 5) is 10.2. The van der Waals surface area contributed by atoms with Gasteiger partial charge in [-0.25, -0.2) is 0 Å². The van der Waals surface area contributed by atoms with Crippen molar-refractivity contribution < 1.29 is 9.66 Å². The Balaban J connectivity index is 2.37. The van der Waals surface area contributed by atoms with E-state index in [-0.39, 0.29) is 17.3 Å². The molecule has 0 spiro atoms. The van der Waals surface area contributed by atoms with Crippen LogP contribution >= 0.6 is 11.6 Å². The summed E-state index contributed by atoms with van der Waals surface area (Å²) in [5, 5.41) is 18.4. The number of aromatic nitrogens is 2. The first-order chi connectivity index (χ1) is 8.16. The van der Waals surface area contributed by atoms with Crippen LogP contribution in [-0.4, -0.2) is 15.1 Å². The number of rotatable bonds is 3. The third-order valence-corrected chi connectivity index (χ3v) is 2.12. The number of nitro groups is 1. The van der Waals surface area contributed by atoms with E-state index in [4.69, 9.17) is 16.3 Å². The molecule has 0 N–H and O–H groups in total. The Kier molecular flexibility index (Phi) is 3.15. The Morgan fingerprint density at radius 1 is 1.35 bits per heavy atom. The van der Waals surface area contributed by atoms with Gasteiger partial charge in [-0.3, -0.25) is 10.1 Å². The average Bonchev–Trinajstić information content (AvgIpc) is 2.30. The first kappa shape index (κ1) is 11.3. The Bertz CT molecular complexity index is 548. The van der Waals surface area contributed by atoms with E-state index in [0.29, 0.717) is 5.02 Å². The van der Waals surface area contributed by atoms with E-state index in [0.717, 1.165) is 0 Å². The number of hydrogen-bond donors (Lipinski definition) is 0. The molecule has 0 radical (unpaired) electrons. The van der Waals surface area contributed by atoms with Crippen molar-refractivity contribution in [3.63, 3.8) is 0 Å². The van der Waals surface area contributed by atoms with E-state index in [1.807, 2.05) is 0 Å². The van der Waals surface area contributed by atoms with E-state index in [2.05, 4.69) is 10.2 Å². The fraction of sp³-hybridized carbons (Fsp3) is 0. The Morgan fingerprint density at radius 2 is 2.18 bits per heavy atom. The molecule has 1 aromatic carbocycles. The first-order valence-electron chi connectivity index (χ1n) is 4.56. The highest BCUT2D eigenvalue weighted by atomic mass is 35.5. The lowest BCUT2D eigenvalue weighted by molar-refractivity contribution is -0.385. The van der Waals surface area contributed by atoms with Crippen molar-refractivity contribution in [2.24, 2.45) is 0 Å². The van der Waals surface area contributed by atoms with Crippen LogP contribution in [0.25, 0.3) is 0 Å². The third-order valence-electron chi connectivity index (χ3n) is 1.88. The Morgan fingerprint density at radius 3 is 2.82 bits per heavy atom. The van der Waals surface area contributed by atoms with Crippen LogP contribution in [0.4, 0.5) is 5.69 Å². The molecule has 2 aromatic rings. The summed E-state index contributed by atoms with van der Waals surface area (Å²) in [6.45, 7) is 0. The highest BCUT2D eigenvalue weighted by Crippen LogP contribution is 2.32. The molecular formula is C10H6ClN3O3. The number of nitrogens with zero attached hydrogens (tertiary/aromatic N) is 3. The molecule has 0 saturated heterocycles. The minimum atomic E-state index is -0.554. The van der Waals surface area contributed by atoms with Gasteiger partial charge in [0.2, 0.25) is 11.6 Å². The molecular weight excluding hydrogens is 246 g/mol. The van der Waals surface area contributed by atoms with E-state index < -0.39 is 4.92 Å². The summed E-state index contributed by atoms with van der Waals surface area (Å²) in [5.74, 6) is 0.195. The standard InChI is InChI=1S/C10H6ClN3O3/c11-7-3-4-8(14(15)16)9(6-7)17-10-2-1-5-12-13-10/h1-6H. The summed E-state index contributed by atoms with van der Waals surface area (Å²) in [6.07, 6.45) is 1.47. The average molecular weight is 252 g/mol. The lowest BCUT2D eigenvalue weighted by Crippen LogP contribution is -1.95. The van der Waals surface area contributed by atoms with Gasteiger partial charge in [0, 0.05) is 29.4 Å². The summed E-state index contributed by atoms with van der Waals surface area (Å²) in [6, 6.07) is 7.20. The predicted molar refractivity (Wildman–Crippen MR) is 60.2 cm³/mol. The molecule has 0 aliphatic rings. The second kappa shape index (κ2) is 4.75. The third kappa shape index (κ3) is 2.67. The van der Waals surface area contributed by atoms with Gasteiger partial charge in [0.05, 0.1) is 4.92 Å². The smallest absolute Gasteiger partial charge is 0.311 e. The zero-order valence-electron chi connectivity index (χ0n) is 8.41. The van der Waals surface area contributed by atoms with Gasteiger partial charge >= 0.3 is 5.69 Å². The molecule has 0 amide bonds. The summed E-state index contributed by atoms with van der Waals surface area (Å²) >= 11 is 5.75. The van der Waals surface area contributed by atoms with Crippen LogP contribution in [0.15, 0.2) is 36.5 Å². The largest absolute Gasteiger partial charge is 0.430 e. The maximum absolute atomic E-state index is 10.8. The monoisotopic (exact) mass is 251 g/mol. The molecule has 7 heteroatoms. The lowest BCUT2D eigenvalue weighted by atomic mass is 10.3. The topological polar surface area (TPSA) is 78.2 Å². The van der Waals surface area contributed by atoms with Crippen LogP contribution < -0.4 is 4.74 Å². The molecule has 0 saturated carbocycles. The summed E-state index contributed by atoms with van der Waals surface area (Å²) in [5.41, 5.74) is -0.181. The molecule has 2 rings (SSSR count). The van der Waals surface area contributed by atoms with Gasteiger partial charge in [-0.1, -0.05) is 11.6 Å². The molecule has 6 nitrogen and oxygen atoms in total. The van der Waals surface area contributed by atoms with Crippen molar-refractivity contribution in [1.29, 1.82) is 0 Å². The number of hydrogen-bond acceptors (Lipinski definition) is 5. The minimum absolute atomic E-state index is 0.0306. The van der Waals surface area contributed by atoms with E-state index in [9.17, 15) is 10.1 Å². The van der Waals surface area contributed by atoms with E-state index in [1.54, 1.807) is 6.07 Å². The van der Waals surface area contributed by atoms with Crippen LogP contribution in [0.2, 0.25) is 5.02 Å². The normalized spacial score (nSPS) is 9.94.